The normalized spacial score (nSPS) is 12.7. The Kier molecular flexibility index (Phi) is 6.89. The van der Waals surface area contributed by atoms with Crippen molar-refractivity contribution in [3.8, 4) is 0 Å². The Hall–Kier alpha value is -1.19. The smallest absolute Gasteiger partial charge is 0.179 e. The molecule has 1 unspecified atom stereocenters. The molecule has 0 N–H and O–H groups in total. The summed E-state index contributed by atoms with van der Waals surface area (Å²) in [6.45, 7) is 13.1. The molecule has 112 valence electrons. The Morgan fingerprint density at radius 2 is 2.00 bits per heavy atom. The fourth-order valence-electron chi connectivity index (χ4n) is 2.34. The quantitative estimate of drug-likeness (QED) is 0.540. The van der Waals surface area contributed by atoms with Gasteiger partial charge in [-0.25, -0.2) is 0 Å². The third-order valence-electron chi connectivity index (χ3n) is 3.72. The van der Waals surface area contributed by atoms with Gasteiger partial charge in [0.15, 0.2) is 5.78 Å². The van der Waals surface area contributed by atoms with Crippen LogP contribution in [0.4, 0.5) is 0 Å². The van der Waals surface area contributed by atoms with Gasteiger partial charge >= 0.3 is 0 Å². The van der Waals surface area contributed by atoms with E-state index in [-0.39, 0.29) is 11.8 Å². The lowest BCUT2D eigenvalue weighted by Gasteiger charge is -2.27. The maximum absolute atomic E-state index is 12.7. The number of rotatable bonds is 8. The van der Waals surface area contributed by atoms with Gasteiger partial charge in [0, 0.05) is 18.7 Å². The highest BCUT2D eigenvalue weighted by atomic mass is 16.5. The molecule has 0 aliphatic heterocycles. The zero-order valence-corrected chi connectivity index (χ0v) is 13.4. The number of carbonyl (C=O) groups is 1. The van der Waals surface area contributed by atoms with E-state index in [9.17, 15) is 4.79 Å². The van der Waals surface area contributed by atoms with Crippen LogP contribution in [-0.2, 0) is 4.74 Å². The van der Waals surface area contributed by atoms with Gasteiger partial charge in [-0.3, -0.25) is 9.69 Å². The van der Waals surface area contributed by atoms with Crippen LogP contribution in [0, 0.1) is 13.8 Å². The summed E-state index contributed by atoms with van der Waals surface area (Å²) in [5.74, 6) is 0.199. The number of aryl methyl sites for hydroxylation is 2. The van der Waals surface area contributed by atoms with Crippen molar-refractivity contribution in [2.75, 3.05) is 26.3 Å². The second kappa shape index (κ2) is 8.18. The largest absolute Gasteiger partial charge is 0.380 e. The lowest BCUT2D eigenvalue weighted by Crippen LogP contribution is -2.41. The molecule has 20 heavy (non-hydrogen) atoms. The second-order valence-corrected chi connectivity index (χ2v) is 5.18. The molecule has 0 spiro atoms. The van der Waals surface area contributed by atoms with Crippen LogP contribution < -0.4 is 0 Å². The molecule has 1 rings (SSSR count). The summed E-state index contributed by atoms with van der Waals surface area (Å²) in [5, 5.41) is 0. The molecule has 0 radical (unpaired) electrons. The first-order chi connectivity index (χ1) is 9.51. The number of ether oxygens (including phenoxy) is 1. The van der Waals surface area contributed by atoms with Gasteiger partial charge in [0.25, 0.3) is 0 Å². The molecule has 3 nitrogen and oxygen atoms in total. The van der Waals surface area contributed by atoms with Crippen LogP contribution in [0.25, 0.3) is 0 Å². The first kappa shape index (κ1) is 16.9. The SMILES string of the molecule is CCOCCN(CC)C(C)C(=O)c1cc(C)ccc1C. The Morgan fingerprint density at radius 3 is 2.60 bits per heavy atom. The minimum Gasteiger partial charge on any atom is -0.380 e. The zero-order chi connectivity index (χ0) is 15.1. The third kappa shape index (κ3) is 4.43. The summed E-state index contributed by atoms with van der Waals surface area (Å²) in [6.07, 6.45) is 0. The van der Waals surface area contributed by atoms with Crippen molar-refractivity contribution < 1.29 is 9.53 Å². The van der Waals surface area contributed by atoms with E-state index in [1.807, 2.05) is 45.9 Å². The number of ketones is 1. The number of Topliss-reactive ketones (excluding diaryl/α,β-unsaturated/α-hetero) is 1. The van der Waals surface area contributed by atoms with Crippen LogP contribution in [0.3, 0.4) is 0 Å². The van der Waals surface area contributed by atoms with Crippen LogP contribution in [-0.4, -0.2) is 43.0 Å². The molecule has 0 saturated carbocycles. The highest BCUT2D eigenvalue weighted by molar-refractivity contribution is 6.01. The highest BCUT2D eigenvalue weighted by Gasteiger charge is 2.22. The van der Waals surface area contributed by atoms with Crippen molar-refractivity contribution in [3.05, 3.63) is 34.9 Å². The van der Waals surface area contributed by atoms with E-state index in [0.29, 0.717) is 6.61 Å². The summed E-state index contributed by atoms with van der Waals surface area (Å²) in [4.78, 5) is 14.8. The molecule has 0 fully saturated rings. The lowest BCUT2D eigenvalue weighted by atomic mass is 9.97. The van der Waals surface area contributed by atoms with Gasteiger partial charge in [0.05, 0.1) is 12.6 Å². The van der Waals surface area contributed by atoms with Crippen LogP contribution >= 0.6 is 0 Å². The monoisotopic (exact) mass is 277 g/mol. The van der Waals surface area contributed by atoms with E-state index in [1.165, 1.54) is 0 Å². The van der Waals surface area contributed by atoms with Gasteiger partial charge in [0.2, 0.25) is 0 Å². The summed E-state index contributed by atoms with van der Waals surface area (Å²) in [5.41, 5.74) is 3.02. The summed E-state index contributed by atoms with van der Waals surface area (Å²) in [6, 6.07) is 5.95. The number of carbonyl (C=O) groups excluding carboxylic acids is 1. The summed E-state index contributed by atoms with van der Waals surface area (Å²) < 4.78 is 5.39. The minimum atomic E-state index is -0.110. The molecule has 1 aromatic carbocycles. The van der Waals surface area contributed by atoms with Gasteiger partial charge < -0.3 is 4.74 Å². The van der Waals surface area contributed by atoms with Gasteiger partial charge in [-0.1, -0.05) is 24.6 Å². The van der Waals surface area contributed by atoms with E-state index in [0.717, 1.165) is 36.4 Å². The minimum absolute atomic E-state index is 0.110. The number of benzene rings is 1. The Morgan fingerprint density at radius 1 is 1.30 bits per heavy atom. The first-order valence-corrected chi connectivity index (χ1v) is 7.44. The van der Waals surface area contributed by atoms with Crippen LogP contribution in [0.1, 0.15) is 42.3 Å². The van der Waals surface area contributed by atoms with Gasteiger partial charge in [-0.2, -0.15) is 0 Å². The van der Waals surface area contributed by atoms with Crippen molar-refractivity contribution in [2.45, 2.75) is 40.7 Å². The number of likely N-dealkylation sites (N-methyl/N-ethyl adjacent to an activating group) is 1. The topological polar surface area (TPSA) is 29.5 Å². The van der Waals surface area contributed by atoms with Gasteiger partial charge in [0.1, 0.15) is 0 Å². The predicted octanol–water partition coefficient (Wildman–Crippen LogP) is 3.23. The molecule has 0 aromatic heterocycles. The average Bonchev–Trinajstić information content (AvgIpc) is 2.45. The maximum atomic E-state index is 12.7. The second-order valence-electron chi connectivity index (χ2n) is 5.18. The van der Waals surface area contributed by atoms with Gasteiger partial charge in [-0.05, 0) is 45.9 Å². The van der Waals surface area contributed by atoms with Crippen LogP contribution in [0.5, 0.6) is 0 Å². The van der Waals surface area contributed by atoms with E-state index in [4.69, 9.17) is 4.74 Å². The van der Waals surface area contributed by atoms with Crippen molar-refractivity contribution in [1.82, 2.24) is 4.90 Å². The molecular formula is C17H27NO2. The van der Waals surface area contributed by atoms with E-state index >= 15 is 0 Å². The zero-order valence-electron chi connectivity index (χ0n) is 13.4. The summed E-state index contributed by atoms with van der Waals surface area (Å²) >= 11 is 0. The van der Waals surface area contributed by atoms with Crippen LogP contribution in [0.15, 0.2) is 18.2 Å². The fraction of sp³-hybridized carbons (Fsp3) is 0.588. The molecule has 0 aliphatic carbocycles. The number of nitrogens with zero attached hydrogens (tertiary/aromatic N) is 1. The highest BCUT2D eigenvalue weighted by Crippen LogP contribution is 2.15. The molecule has 1 aromatic rings. The van der Waals surface area contributed by atoms with Crippen LogP contribution in [0.2, 0.25) is 0 Å². The third-order valence-corrected chi connectivity index (χ3v) is 3.72. The standard InChI is InChI=1S/C17H27NO2/c1-6-18(10-11-20-7-2)15(5)17(19)16-12-13(3)8-9-14(16)4/h8-9,12,15H,6-7,10-11H2,1-5H3. The molecule has 3 heteroatoms. The van der Waals surface area contributed by atoms with Gasteiger partial charge in [-0.15, -0.1) is 0 Å². The molecule has 0 saturated heterocycles. The van der Waals surface area contributed by atoms with Crippen molar-refractivity contribution in [2.24, 2.45) is 0 Å². The fourth-order valence-corrected chi connectivity index (χ4v) is 2.34. The molecule has 1 atom stereocenters. The Labute approximate surface area is 122 Å². The Balaban J connectivity index is 2.80. The summed E-state index contributed by atoms with van der Waals surface area (Å²) in [7, 11) is 0. The average molecular weight is 277 g/mol. The molecule has 0 amide bonds. The van der Waals surface area contributed by atoms with Crippen molar-refractivity contribution in [1.29, 1.82) is 0 Å². The molecule has 0 heterocycles. The molecular weight excluding hydrogens is 250 g/mol. The van der Waals surface area contributed by atoms with Crippen molar-refractivity contribution in [3.63, 3.8) is 0 Å². The number of hydrogen-bond donors (Lipinski definition) is 0. The van der Waals surface area contributed by atoms with E-state index in [2.05, 4.69) is 11.8 Å². The number of hydrogen-bond acceptors (Lipinski definition) is 3. The predicted molar refractivity (Wildman–Crippen MR) is 83.4 cm³/mol. The van der Waals surface area contributed by atoms with E-state index < -0.39 is 0 Å². The molecule has 0 aliphatic rings. The van der Waals surface area contributed by atoms with Crippen molar-refractivity contribution >= 4 is 5.78 Å². The van der Waals surface area contributed by atoms with E-state index in [1.54, 1.807) is 0 Å². The maximum Gasteiger partial charge on any atom is 0.179 e. The lowest BCUT2D eigenvalue weighted by molar-refractivity contribution is 0.0740. The first-order valence-electron chi connectivity index (χ1n) is 7.44. The molecule has 0 bridgehead atoms. The Bertz CT molecular complexity index is 443.